The van der Waals surface area contributed by atoms with Gasteiger partial charge in [0.2, 0.25) is 0 Å². The molecule has 1 amide bonds. The Morgan fingerprint density at radius 1 is 1.30 bits per heavy atom. The third kappa shape index (κ3) is 4.33. The molecule has 5 heteroatoms. The fourth-order valence-corrected chi connectivity index (χ4v) is 3.29. The Morgan fingerprint density at radius 3 is 2.74 bits per heavy atom. The summed E-state index contributed by atoms with van der Waals surface area (Å²) in [6.07, 6.45) is 1.70. The van der Waals surface area contributed by atoms with Crippen LogP contribution < -0.4 is 0 Å². The summed E-state index contributed by atoms with van der Waals surface area (Å²) in [6, 6.07) is 9.80. The van der Waals surface area contributed by atoms with Crippen LogP contribution >= 0.6 is 11.8 Å². The van der Waals surface area contributed by atoms with Crippen molar-refractivity contribution in [2.75, 3.05) is 19.7 Å². The molecule has 0 spiro atoms. The number of carbonyl (C=O) groups is 1. The molecule has 1 heterocycles. The minimum Gasteiger partial charge on any atom is -0.395 e. The summed E-state index contributed by atoms with van der Waals surface area (Å²) in [7, 11) is 0. The smallest absolute Gasteiger partial charge is 0.256 e. The van der Waals surface area contributed by atoms with Gasteiger partial charge in [-0.25, -0.2) is 4.98 Å². The molecule has 0 aliphatic rings. The number of nitrogens with zero attached hydrogens (tertiary/aromatic N) is 2. The van der Waals surface area contributed by atoms with E-state index in [1.54, 1.807) is 23.2 Å². The molecule has 23 heavy (non-hydrogen) atoms. The number of likely N-dealkylation sites (N-methyl/N-ethyl adjacent to an activating group) is 1. The Hall–Kier alpha value is -1.85. The predicted molar refractivity (Wildman–Crippen MR) is 92.9 cm³/mol. The highest BCUT2D eigenvalue weighted by molar-refractivity contribution is 7.99. The molecule has 0 aliphatic heterocycles. The van der Waals surface area contributed by atoms with E-state index in [0.29, 0.717) is 23.7 Å². The zero-order chi connectivity index (χ0) is 16.8. The largest absolute Gasteiger partial charge is 0.395 e. The summed E-state index contributed by atoms with van der Waals surface area (Å²) in [5, 5.41) is 9.81. The molecule has 0 saturated heterocycles. The van der Waals surface area contributed by atoms with E-state index in [1.807, 2.05) is 6.92 Å². The Labute approximate surface area is 141 Å². The number of aryl methyl sites for hydroxylation is 2. The van der Waals surface area contributed by atoms with Gasteiger partial charge in [-0.3, -0.25) is 4.79 Å². The van der Waals surface area contributed by atoms with Gasteiger partial charge in [0.15, 0.2) is 0 Å². The molecule has 122 valence electrons. The topological polar surface area (TPSA) is 53.4 Å². The molecule has 2 rings (SSSR count). The lowest BCUT2D eigenvalue weighted by Gasteiger charge is -2.20. The normalized spacial score (nSPS) is 10.6. The van der Waals surface area contributed by atoms with Crippen molar-refractivity contribution in [2.24, 2.45) is 0 Å². The zero-order valence-corrected chi connectivity index (χ0v) is 14.6. The minimum atomic E-state index is -0.0954. The second-order valence-corrected chi connectivity index (χ2v) is 6.37. The summed E-state index contributed by atoms with van der Waals surface area (Å²) in [6.45, 7) is 6.87. The molecule has 0 atom stereocenters. The van der Waals surface area contributed by atoms with Crippen LogP contribution in [0.5, 0.6) is 0 Å². The third-order valence-electron chi connectivity index (χ3n) is 3.58. The van der Waals surface area contributed by atoms with Crippen LogP contribution in [0.4, 0.5) is 0 Å². The van der Waals surface area contributed by atoms with E-state index in [4.69, 9.17) is 5.11 Å². The minimum absolute atomic E-state index is 0.0423. The Balaban J connectivity index is 2.32. The van der Waals surface area contributed by atoms with E-state index in [0.717, 1.165) is 4.90 Å². The summed E-state index contributed by atoms with van der Waals surface area (Å²) in [5.41, 5.74) is 2.96. The molecule has 1 N–H and O–H groups in total. The van der Waals surface area contributed by atoms with Crippen LogP contribution in [0.15, 0.2) is 46.5 Å². The van der Waals surface area contributed by atoms with Crippen molar-refractivity contribution in [1.29, 1.82) is 0 Å². The van der Waals surface area contributed by atoms with Crippen molar-refractivity contribution in [2.45, 2.75) is 30.7 Å². The molecule has 1 aromatic carbocycles. The van der Waals surface area contributed by atoms with Gasteiger partial charge in [-0.05, 0) is 44.5 Å². The van der Waals surface area contributed by atoms with E-state index in [1.165, 1.54) is 22.9 Å². The number of amides is 1. The summed E-state index contributed by atoms with van der Waals surface area (Å²) >= 11 is 1.50. The van der Waals surface area contributed by atoms with Gasteiger partial charge in [-0.15, -0.1) is 0 Å². The quantitative estimate of drug-likeness (QED) is 0.883. The second kappa shape index (κ2) is 8.13. The van der Waals surface area contributed by atoms with Gasteiger partial charge >= 0.3 is 0 Å². The van der Waals surface area contributed by atoms with Crippen LogP contribution in [0, 0.1) is 13.8 Å². The van der Waals surface area contributed by atoms with Gasteiger partial charge in [-0.2, -0.15) is 0 Å². The maximum absolute atomic E-state index is 12.7. The van der Waals surface area contributed by atoms with Crippen LogP contribution in [0.2, 0.25) is 0 Å². The van der Waals surface area contributed by atoms with Crippen molar-refractivity contribution >= 4 is 17.7 Å². The highest BCUT2D eigenvalue weighted by atomic mass is 32.2. The molecule has 1 aromatic heterocycles. The monoisotopic (exact) mass is 330 g/mol. The number of aliphatic hydroxyl groups excluding tert-OH is 1. The summed E-state index contributed by atoms with van der Waals surface area (Å²) in [5.74, 6) is -0.0954. The molecule has 0 radical (unpaired) electrons. The van der Waals surface area contributed by atoms with Crippen LogP contribution in [0.1, 0.15) is 28.4 Å². The SMILES string of the molecule is CCN(CCO)C(=O)c1cccnc1Sc1ccc(C)cc1C. The first-order valence-electron chi connectivity index (χ1n) is 7.67. The number of aromatic nitrogens is 1. The number of benzene rings is 1. The van der Waals surface area contributed by atoms with Crippen molar-refractivity contribution in [1.82, 2.24) is 9.88 Å². The molecule has 0 fully saturated rings. The molecular formula is C18H22N2O2S. The lowest BCUT2D eigenvalue weighted by atomic mass is 10.2. The lowest BCUT2D eigenvalue weighted by molar-refractivity contribution is 0.0727. The fraction of sp³-hybridized carbons (Fsp3) is 0.333. The highest BCUT2D eigenvalue weighted by Crippen LogP contribution is 2.32. The average Bonchev–Trinajstić information content (AvgIpc) is 2.55. The maximum atomic E-state index is 12.7. The van der Waals surface area contributed by atoms with E-state index in [9.17, 15) is 4.79 Å². The number of hydrogen-bond donors (Lipinski definition) is 1. The molecule has 2 aromatic rings. The Kier molecular flexibility index (Phi) is 6.19. The summed E-state index contributed by atoms with van der Waals surface area (Å²) < 4.78 is 0. The number of carbonyl (C=O) groups excluding carboxylic acids is 1. The molecule has 0 unspecified atom stereocenters. The number of hydrogen-bond acceptors (Lipinski definition) is 4. The molecule has 0 aliphatic carbocycles. The van der Waals surface area contributed by atoms with Crippen molar-refractivity contribution in [3.63, 3.8) is 0 Å². The van der Waals surface area contributed by atoms with E-state index < -0.39 is 0 Å². The Morgan fingerprint density at radius 2 is 2.09 bits per heavy atom. The first-order valence-corrected chi connectivity index (χ1v) is 8.48. The van der Waals surface area contributed by atoms with Crippen LogP contribution in [-0.2, 0) is 0 Å². The first kappa shape index (κ1) is 17.5. The first-order chi connectivity index (χ1) is 11.1. The number of aliphatic hydroxyl groups is 1. The molecule has 0 saturated carbocycles. The fourth-order valence-electron chi connectivity index (χ4n) is 2.35. The molecule has 0 bridgehead atoms. The van der Waals surface area contributed by atoms with Gasteiger partial charge in [-0.1, -0.05) is 29.5 Å². The predicted octanol–water partition coefficient (Wildman–Crippen LogP) is 3.30. The average molecular weight is 330 g/mol. The van der Waals surface area contributed by atoms with Crippen LogP contribution in [0.3, 0.4) is 0 Å². The Bertz CT molecular complexity index is 688. The second-order valence-electron chi connectivity index (χ2n) is 5.34. The number of rotatable bonds is 6. The van der Waals surface area contributed by atoms with Crippen LogP contribution in [0.25, 0.3) is 0 Å². The summed E-state index contributed by atoms with van der Waals surface area (Å²) in [4.78, 5) is 19.8. The van der Waals surface area contributed by atoms with Gasteiger partial charge in [0.05, 0.1) is 12.2 Å². The van der Waals surface area contributed by atoms with E-state index >= 15 is 0 Å². The maximum Gasteiger partial charge on any atom is 0.256 e. The third-order valence-corrected chi connectivity index (χ3v) is 4.77. The van der Waals surface area contributed by atoms with Crippen molar-refractivity contribution in [3.05, 3.63) is 53.2 Å². The van der Waals surface area contributed by atoms with Gasteiger partial charge in [0.1, 0.15) is 5.03 Å². The van der Waals surface area contributed by atoms with Crippen LogP contribution in [-0.4, -0.2) is 40.6 Å². The highest BCUT2D eigenvalue weighted by Gasteiger charge is 2.19. The number of pyridine rings is 1. The standard InChI is InChI=1S/C18H22N2O2S/c1-4-20(10-11-21)18(22)15-6-5-9-19-17(15)23-16-8-7-13(2)12-14(16)3/h5-9,12,21H,4,10-11H2,1-3H3. The van der Waals surface area contributed by atoms with Crippen molar-refractivity contribution < 1.29 is 9.90 Å². The van der Waals surface area contributed by atoms with E-state index in [-0.39, 0.29) is 12.5 Å². The van der Waals surface area contributed by atoms with Crippen molar-refractivity contribution in [3.8, 4) is 0 Å². The van der Waals surface area contributed by atoms with Gasteiger partial charge in [0, 0.05) is 24.2 Å². The zero-order valence-electron chi connectivity index (χ0n) is 13.7. The molecular weight excluding hydrogens is 308 g/mol. The van der Waals surface area contributed by atoms with Gasteiger partial charge < -0.3 is 10.0 Å². The molecule has 4 nitrogen and oxygen atoms in total. The lowest BCUT2D eigenvalue weighted by Crippen LogP contribution is -2.33. The van der Waals surface area contributed by atoms with Gasteiger partial charge in [0.25, 0.3) is 5.91 Å². The van der Waals surface area contributed by atoms with E-state index in [2.05, 4.69) is 37.0 Å².